The molecule has 1 fully saturated rings. The van der Waals surface area contributed by atoms with Crippen LogP contribution in [0.25, 0.3) is 0 Å². The molecule has 110 valence electrons. The fourth-order valence-electron chi connectivity index (χ4n) is 2.38. The zero-order chi connectivity index (χ0) is 14.5. The van der Waals surface area contributed by atoms with E-state index in [-0.39, 0.29) is 36.4 Å². The van der Waals surface area contributed by atoms with Crippen LogP contribution in [0.1, 0.15) is 46.5 Å². The Bertz CT molecular complexity index is 323. The average molecular weight is 270 g/mol. The van der Waals surface area contributed by atoms with Gasteiger partial charge < -0.3 is 15.3 Å². The Hall–Kier alpha value is -1.10. The van der Waals surface area contributed by atoms with Gasteiger partial charge in [0, 0.05) is 13.0 Å². The van der Waals surface area contributed by atoms with E-state index < -0.39 is 0 Å². The zero-order valence-electron chi connectivity index (χ0n) is 12.2. The number of carbonyl (C=O) groups excluding carboxylic acids is 2. The summed E-state index contributed by atoms with van der Waals surface area (Å²) in [6.45, 7) is 6.90. The zero-order valence-corrected chi connectivity index (χ0v) is 12.2. The van der Waals surface area contributed by atoms with Crippen molar-refractivity contribution in [1.29, 1.82) is 0 Å². The number of hydrogen-bond donors (Lipinski definition) is 2. The maximum atomic E-state index is 11.9. The van der Waals surface area contributed by atoms with Crippen LogP contribution in [-0.4, -0.2) is 47.6 Å². The molecule has 0 aromatic carbocycles. The summed E-state index contributed by atoms with van der Waals surface area (Å²) >= 11 is 0. The minimum atomic E-state index is -0.243. The lowest BCUT2D eigenvalue weighted by molar-refractivity contribution is -0.138. The molecule has 0 saturated carbocycles. The Kier molecular flexibility index (Phi) is 5.79. The van der Waals surface area contributed by atoms with Gasteiger partial charge in [-0.05, 0) is 24.7 Å². The fraction of sp³-hybridized carbons (Fsp3) is 0.857. The smallest absolute Gasteiger partial charge is 0.239 e. The van der Waals surface area contributed by atoms with E-state index in [1.54, 1.807) is 4.90 Å². The standard InChI is InChI=1S/C14H26N2O3/c1-14(2,3)8-11(10-17)15-12(18)9-16-7-5-4-6-13(16)19/h11,17H,4-10H2,1-3H3,(H,15,18). The summed E-state index contributed by atoms with van der Waals surface area (Å²) in [6.07, 6.45) is 3.13. The molecule has 1 atom stereocenters. The molecule has 5 nitrogen and oxygen atoms in total. The lowest BCUT2D eigenvalue weighted by Crippen LogP contribution is -2.47. The third-order valence-electron chi connectivity index (χ3n) is 3.20. The molecule has 0 bridgehead atoms. The number of aliphatic hydroxyl groups is 1. The van der Waals surface area contributed by atoms with Crippen LogP contribution in [0.2, 0.25) is 0 Å². The molecule has 1 saturated heterocycles. The van der Waals surface area contributed by atoms with Crippen LogP contribution in [0.5, 0.6) is 0 Å². The number of nitrogens with zero attached hydrogens (tertiary/aromatic N) is 1. The largest absolute Gasteiger partial charge is 0.394 e. The first-order valence-corrected chi connectivity index (χ1v) is 7.00. The van der Waals surface area contributed by atoms with E-state index in [4.69, 9.17) is 0 Å². The van der Waals surface area contributed by atoms with E-state index >= 15 is 0 Å². The Morgan fingerprint density at radius 3 is 2.63 bits per heavy atom. The number of rotatable bonds is 5. The number of likely N-dealkylation sites (tertiary alicyclic amines) is 1. The van der Waals surface area contributed by atoms with E-state index in [1.807, 2.05) is 0 Å². The van der Waals surface area contributed by atoms with Crippen LogP contribution in [-0.2, 0) is 9.59 Å². The molecule has 0 aromatic heterocycles. The minimum absolute atomic E-state index is 0.0433. The van der Waals surface area contributed by atoms with Crippen molar-refractivity contribution < 1.29 is 14.7 Å². The predicted octanol–water partition coefficient (Wildman–Crippen LogP) is 0.912. The molecule has 0 aromatic rings. The van der Waals surface area contributed by atoms with E-state index in [2.05, 4.69) is 26.1 Å². The van der Waals surface area contributed by atoms with Crippen LogP contribution in [0.15, 0.2) is 0 Å². The molecule has 1 heterocycles. The highest BCUT2D eigenvalue weighted by Crippen LogP contribution is 2.20. The van der Waals surface area contributed by atoms with Crippen molar-refractivity contribution >= 4 is 11.8 Å². The summed E-state index contributed by atoms with van der Waals surface area (Å²) < 4.78 is 0. The first kappa shape index (κ1) is 16.0. The fourth-order valence-corrected chi connectivity index (χ4v) is 2.38. The second-order valence-corrected chi connectivity index (χ2v) is 6.48. The predicted molar refractivity (Wildman–Crippen MR) is 73.5 cm³/mol. The second-order valence-electron chi connectivity index (χ2n) is 6.48. The van der Waals surface area contributed by atoms with Crippen LogP contribution in [0.3, 0.4) is 0 Å². The SMILES string of the molecule is CC(C)(C)CC(CO)NC(=O)CN1CCCCC1=O. The molecule has 2 amide bonds. The van der Waals surface area contributed by atoms with Gasteiger partial charge in [-0.1, -0.05) is 20.8 Å². The molecule has 5 heteroatoms. The number of amides is 2. The number of hydrogen-bond acceptors (Lipinski definition) is 3. The van der Waals surface area contributed by atoms with Crippen LogP contribution in [0, 0.1) is 5.41 Å². The summed E-state index contributed by atoms with van der Waals surface area (Å²) in [4.78, 5) is 25.1. The van der Waals surface area contributed by atoms with Crippen molar-refractivity contribution in [2.24, 2.45) is 5.41 Å². The summed E-state index contributed by atoms with van der Waals surface area (Å²) in [6, 6.07) is -0.243. The molecule has 0 aliphatic carbocycles. The first-order chi connectivity index (χ1) is 8.81. The van der Waals surface area contributed by atoms with Gasteiger partial charge in [0.25, 0.3) is 0 Å². The van der Waals surface area contributed by atoms with Crippen molar-refractivity contribution in [3.63, 3.8) is 0 Å². The highest BCUT2D eigenvalue weighted by atomic mass is 16.3. The lowest BCUT2D eigenvalue weighted by atomic mass is 9.88. The van der Waals surface area contributed by atoms with E-state index in [1.165, 1.54) is 0 Å². The highest BCUT2D eigenvalue weighted by molar-refractivity contribution is 5.85. The Morgan fingerprint density at radius 1 is 1.42 bits per heavy atom. The third-order valence-corrected chi connectivity index (χ3v) is 3.20. The summed E-state index contributed by atoms with van der Waals surface area (Å²) in [7, 11) is 0. The molecule has 1 rings (SSSR count). The highest BCUT2D eigenvalue weighted by Gasteiger charge is 2.23. The quantitative estimate of drug-likeness (QED) is 0.780. The number of carbonyl (C=O) groups is 2. The summed E-state index contributed by atoms with van der Waals surface area (Å²) in [5.74, 6) is -0.128. The Morgan fingerprint density at radius 2 is 2.11 bits per heavy atom. The molecule has 0 spiro atoms. The molecular formula is C14H26N2O3. The maximum Gasteiger partial charge on any atom is 0.239 e. The minimum Gasteiger partial charge on any atom is -0.394 e. The van der Waals surface area contributed by atoms with Gasteiger partial charge in [-0.25, -0.2) is 0 Å². The monoisotopic (exact) mass is 270 g/mol. The normalized spacial score (nSPS) is 18.3. The number of aliphatic hydroxyl groups excluding tert-OH is 1. The van der Waals surface area contributed by atoms with Crippen molar-refractivity contribution in [3.05, 3.63) is 0 Å². The van der Waals surface area contributed by atoms with Crippen LogP contribution in [0.4, 0.5) is 0 Å². The Labute approximate surface area is 115 Å². The van der Waals surface area contributed by atoms with Gasteiger partial charge in [-0.3, -0.25) is 9.59 Å². The molecule has 2 N–H and O–H groups in total. The van der Waals surface area contributed by atoms with E-state index in [0.29, 0.717) is 19.4 Å². The molecular weight excluding hydrogens is 244 g/mol. The third kappa shape index (κ3) is 6.05. The van der Waals surface area contributed by atoms with Gasteiger partial charge in [0.05, 0.1) is 19.2 Å². The maximum absolute atomic E-state index is 11.9. The van der Waals surface area contributed by atoms with E-state index in [0.717, 1.165) is 12.8 Å². The molecule has 0 radical (unpaired) electrons. The molecule has 1 aliphatic heterocycles. The second kappa shape index (κ2) is 6.89. The summed E-state index contributed by atoms with van der Waals surface area (Å²) in [5.41, 5.74) is 0.0433. The van der Waals surface area contributed by atoms with Crippen LogP contribution < -0.4 is 5.32 Å². The van der Waals surface area contributed by atoms with Gasteiger partial charge in [-0.2, -0.15) is 0 Å². The number of nitrogens with one attached hydrogen (secondary N) is 1. The van der Waals surface area contributed by atoms with Gasteiger partial charge in [0.2, 0.25) is 11.8 Å². The van der Waals surface area contributed by atoms with Crippen molar-refractivity contribution in [2.75, 3.05) is 19.7 Å². The van der Waals surface area contributed by atoms with Gasteiger partial charge in [0.15, 0.2) is 0 Å². The molecule has 19 heavy (non-hydrogen) atoms. The Balaban J connectivity index is 2.42. The van der Waals surface area contributed by atoms with Gasteiger partial charge >= 0.3 is 0 Å². The van der Waals surface area contributed by atoms with Gasteiger partial charge in [0.1, 0.15) is 0 Å². The van der Waals surface area contributed by atoms with Crippen LogP contribution >= 0.6 is 0 Å². The number of piperidine rings is 1. The van der Waals surface area contributed by atoms with Crippen molar-refractivity contribution in [1.82, 2.24) is 10.2 Å². The average Bonchev–Trinajstić information content (AvgIpc) is 2.29. The molecule has 1 aliphatic rings. The van der Waals surface area contributed by atoms with E-state index in [9.17, 15) is 14.7 Å². The molecule has 1 unspecified atom stereocenters. The van der Waals surface area contributed by atoms with Crippen molar-refractivity contribution in [2.45, 2.75) is 52.5 Å². The topological polar surface area (TPSA) is 69.6 Å². The van der Waals surface area contributed by atoms with Crippen molar-refractivity contribution in [3.8, 4) is 0 Å². The first-order valence-electron chi connectivity index (χ1n) is 7.00. The summed E-state index contributed by atoms with van der Waals surface area (Å²) in [5, 5.41) is 12.1. The van der Waals surface area contributed by atoms with Gasteiger partial charge in [-0.15, -0.1) is 0 Å². The lowest BCUT2D eigenvalue weighted by Gasteiger charge is -2.29.